The third-order valence-electron chi connectivity index (χ3n) is 12.0. The summed E-state index contributed by atoms with van der Waals surface area (Å²) in [5.74, 6) is -2.82. The normalized spacial score (nSPS) is 38.4. The molecule has 0 aromatic rings. The second kappa shape index (κ2) is 13.6. The van der Waals surface area contributed by atoms with Crippen LogP contribution in [0.3, 0.4) is 0 Å². The summed E-state index contributed by atoms with van der Waals surface area (Å²) in [6.07, 6.45) is -9.59. The standard InChI is InChI=1S/C33H47F5O8/c1-16(7-10-27(42)46-29(30(34)35)33(36,37)38)22-8-9-23-28-24(15-26(32(22,23)6)45-19(4)41)31(5)12-11-21(43-17(2)39)13-20(31)14-25(28)44-18(3)40/h16,20-26,28-30H,7-15H2,1-6H3/t16?,20-,21+,22+,23-,24-,25+,26-,28-,29?,31-,32+/m0/s1. The lowest BCUT2D eigenvalue weighted by atomic mass is 9.43. The van der Waals surface area contributed by atoms with Crippen molar-refractivity contribution in [2.75, 3.05) is 0 Å². The minimum Gasteiger partial charge on any atom is -0.463 e. The summed E-state index contributed by atoms with van der Waals surface area (Å²) in [6, 6.07) is 0. The average Bonchev–Trinajstić information content (AvgIpc) is 3.28. The van der Waals surface area contributed by atoms with Crippen molar-refractivity contribution in [2.24, 2.45) is 46.3 Å². The average molecular weight is 667 g/mol. The molecule has 12 atom stereocenters. The van der Waals surface area contributed by atoms with E-state index in [1.165, 1.54) is 20.8 Å². The highest BCUT2D eigenvalue weighted by molar-refractivity contribution is 5.69. The van der Waals surface area contributed by atoms with Gasteiger partial charge in [-0.05, 0) is 86.4 Å². The largest absolute Gasteiger partial charge is 0.463 e. The van der Waals surface area contributed by atoms with E-state index in [0.29, 0.717) is 32.1 Å². The van der Waals surface area contributed by atoms with Crippen LogP contribution in [0.4, 0.5) is 22.0 Å². The lowest BCUT2D eigenvalue weighted by Crippen LogP contribution is -2.63. The third-order valence-corrected chi connectivity index (χ3v) is 12.0. The fraction of sp³-hybridized carbons (Fsp3) is 0.879. The Bertz CT molecular complexity index is 1160. The summed E-state index contributed by atoms with van der Waals surface area (Å²) in [6.45, 7) is 10.3. The van der Waals surface area contributed by atoms with Crippen molar-refractivity contribution >= 4 is 23.9 Å². The van der Waals surface area contributed by atoms with Crippen LogP contribution in [0.5, 0.6) is 0 Å². The fourth-order valence-corrected chi connectivity index (χ4v) is 10.1. The van der Waals surface area contributed by atoms with Gasteiger partial charge in [0.25, 0.3) is 12.5 Å². The molecule has 0 radical (unpaired) electrons. The molecule has 0 spiro atoms. The van der Waals surface area contributed by atoms with E-state index in [2.05, 4.69) is 18.6 Å². The number of alkyl halides is 5. The molecule has 4 rings (SSSR count). The minimum absolute atomic E-state index is 0.0308. The molecule has 4 aliphatic carbocycles. The molecule has 0 aliphatic heterocycles. The van der Waals surface area contributed by atoms with Gasteiger partial charge in [-0.1, -0.05) is 20.8 Å². The third kappa shape index (κ3) is 7.17. The molecule has 0 amide bonds. The Balaban J connectivity index is 1.60. The molecule has 0 N–H and O–H groups in total. The van der Waals surface area contributed by atoms with Crippen molar-refractivity contribution in [2.45, 2.75) is 136 Å². The first kappa shape index (κ1) is 36.4. The number of carbonyl (C=O) groups is 4. The van der Waals surface area contributed by atoms with Crippen molar-refractivity contribution < 1.29 is 60.1 Å². The maximum atomic E-state index is 13.0. The Morgan fingerprint density at radius 1 is 0.848 bits per heavy atom. The van der Waals surface area contributed by atoms with Gasteiger partial charge in [0, 0.05) is 38.5 Å². The lowest BCUT2D eigenvalue weighted by molar-refractivity contribution is -0.249. The summed E-state index contributed by atoms with van der Waals surface area (Å²) in [5.41, 5.74) is -0.797. The molecule has 4 saturated carbocycles. The molecule has 0 bridgehead atoms. The van der Waals surface area contributed by atoms with Gasteiger partial charge < -0.3 is 18.9 Å². The zero-order chi connectivity index (χ0) is 34.4. The molecule has 13 heteroatoms. The first-order valence-corrected chi connectivity index (χ1v) is 16.3. The summed E-state index contributed by atoms with van der Waals surface area (Å²) in [5, 5.41) is 0. The molecule has 46 heavy (non-hydrogen) atoms. The van der Waals surface area contributed by atoms with Crippen LogP contribution in [0, 0.1) is 46.3 Å². The molecule has 0 aromatic carbocycles. The maximum absolute atomic E-state index is 13.0. The lowest BCUT2D eigenvalue weighted by Gasteiger charge is -2.64. The van der Waals surface area contributed by atoms with Crippen LogP contribution in [0.2, 0.25) is 0 Å². The van der Waals surface area contributed by atoms with Crippen LogP contribution in [0.25, 0.3) is 0 Å². The predicted octanol–water partition coefficient (Wildman–Crippen LogP) is 6.82. The topological polar surface area (TPSA) is 105 Å². The Labute approximate surface area is 266 Å². The van der Waals surface area contributed by atoms with E-state index in [1.807, 2.05) is 6.92 Å². The number of carbonyl (C=O) groups excluding carboxylic acids is 4. The number of hydrogen-bond acceptors (Lipinski definition) is 8. The summed E-state index contributed by atoms with van der Waals surface area (Å²) in [4.78, 5) is 48.9. The van der Waals surface area contributed by atoms with Gasteiger partial charge in [-0.15, -0.1) is 0 Å². The Kier molecular flexibility index (Phi) is 10.7. The molecule has 8 nitrogen and oxygen atoms in total. The SMILES string of the molecule is CC(=O)O[C@@H]1CC[C@@]2(C)[C@@H](C1)C[C@@H](OC(C)=O)[C@@H]1[C@@H]2C[C@H](OC(C)=O)[C@]2(C)[C@@H](C(C)CCC(=O)OC(C(F)F)C(F)(F)F)CC[C@@H]12. The first-order valence-electron chi connectivity index (χ1n) is 16.3. The molecule has 0 saturated heterocycles. The van der Waals surface area contributed by atoms with Gasteiger partial charge in [0.15, 0.2) is 0 Å². The molecule has 2 unspecified atom stereocenters. The van der Waals surface area contributed by atoms with Gasteiger partial charge in [-0.3, -0.25) is 19.2 Å². The van der Waals surface area contributed by atoms with Gasteiger partial charge in [0.2, 0.25) is 0 Å². The number of esters is 4. The second-order valence-corrected chi connectivity index (χ2v) is 14.6. The fourth-order valence-electron chi connectivity index (χ4n) is 10.1. The maximum Gasteiger partial charge on any atom is 0.431 e. The summed E-state index contributed by atoms with van der Waals surface area (Å²) < 4.78 is 86.6. The smallest absolute Gasteiger partial charge is 0.431 e. The van der Waals surface area contributed by atoms with E-state index < -0.39 is 60.7 Å². The monoisotopic (exact) mass is 666 g/mol. The number of fused-ring (bicyclic) bond motifs is 5. The van der Waals surface area contributed by atoms with Crippen LogP contribution < -0.4 is 0 Å². The molecule has 4 aliphatic rings. The van der Waals surface area contributed by atoms with E-state index >= 15 is 0 Å². The summed E-state index contributed by atoms with van der Waals surface area (Å²) >= 11 is 0. The number of hydrogen-bond donors (Lipinski definition) is 0. The van der Waals surface area contributed by atoms with Gasteiger partial charge in [0.05, 0.1) is 0 Å². The first-order chi connectivity index (χ1) is 21.3. The molecule has 0 aromatic heterocycles. The highest BCUT2D eigenvalue weighted by Crippen LogP contribution is 2.69. The molecular weight excluding hydrogens is 619 g/mol. The van der Waals surface area contributed by atoms with Gasteiger partial charge >= 0.3 is 30.1 Å². The van der Waals surface area contributed by atoms with Crippen molar-refractivity contribution in [3.8, 4) is 0 Å². The predicted molar refractivity (Wildman–Crippen MR) is 153 cm³/mol. The Morgan fingerprint density at radius 2 is 1.48 bits per heavy atom. The number of rotatable bonds is 9. The van der Waals surface area contributed by atoms with Crippen LogP contribution >= 0.6 is 0 Å². The molecular formula is C33H47F5O8. The molecule has 0 heterocycles. The van der Waals surface area contributed by atoms with E-state index in [-0.39, 0.29) is 59.4 Å². The van der Waals surface area contributed by atoms with Gasteiger partial charge in [-0.25, -0.2) is 8.78 Å². The van der Waals surface area contributed by atoms with Crippen LogP contribution in [0.15, 0.2) is 0 Å². The molecule has 4 fully saturated rings. The zero-order valence-electron chi connectivity index (χ0n) is 27.4. The van der Waals surface area contributed by atoms with E-state index in [9.17, 15) is 41.1 Å². The highest BCUT2D eigenvalue weighted by Gasteiger charge is 2.67. The van der Waals surface area contributed by atoms with E-state index in [0.717, 1.165) is 12.8 Å². The van der Waals surface area contributed by atoms with Gasteiger partial charge in [-0.2, -0.15) is 13.2 Å². The second-order valence-electron chi connectivity index (χ2n) is 14.6. The van der Waals surface area contributed by atoms with Crippen molar-refractivity contribution in [1.29, 1.82) is 0 Å². The Morgan fingerprint density at radius 3 is 2.04 bits per heavy atom. The van der Waals surface area contributed by atoms with Crippen LogP contribution in [-0.4, -0.2) is 60.9 Å². The van der Waals surface area contributed by atoms with Crippen LogP contribution in [0.1, 0.15) is 99.3 Å². The number of ether oxygens (including phenoxy) is 4. The van der Waals surface area contributed by atoms with Gasteiger partial charge in [0.1, 0.15) is 18.3 Å². The van der Waals surface area contributed by atoms with Crippen molar-refractivity contribution in [1.82, 2.24) is 0 Å². The summed E-state index contributed by atoms with van der Waals surface area (Å²) in [7, 11) is 0. The highest BCUT2D eigenvalue weighted by atomic mass is 19.4. The van der Waals surface area contributed by atoms with Crippen molar-refractivity contribution in [3.05, 3.63) is 0 Å². The number of halogens is 5. The van der Waals surface area contributed by atoms with E-state index in [1.54, 1.807) is 0 Å². The van der Waals surface area contributed by atoms with Crippen LogP contribution in [-0.2, 0) is 38.1 Å². The molecule has 262 valence electrons. The van der Waals surface area contributed by atoms with E-state index in [4.69, 9.17) is 14.2 Å². The zero-order valence-corrected chi connectivity index (χ0v) is 27.4. The minimum atomic E-state index is -5.38. The Hall–Kier alpha value is -2.47. The van der Waals surface area contributed by atoms with Crippen molar-refractivity contribution in [3.63, 3.8) is 0 Å². The quantitative estimate of drug-likeness (QED) is 0.150.